The molecule has 0 unspecified atom stereocenters. The Morgan fingerprint density at radius 2 is 2.20 bits per heavy atom. The maximum absolute atomic E-state index is 12.1. The minimum absolute atomic E-state index is 0.0647. The van der Waals surface area contributed by atoms with Gasteiger partial charge in [-0.25, -0.2) is 13.1 Å². The zero-order chi connectivity index (χ0) is 14.8. The van der Waals surface area contributed by atoms with Crippen LogP contribution in [0.3, 0.4) is 0 Å². The van der Waals surface area contributed by atoms with E-state index in [0.717, 1.165) is 5.56 Å². The number of rotatable bonds is 5. The maximum atomic E-state index is 12.1. The molecule has 0 spiro atoms. The number of nitrogens with one attached hydrogen (secondary N) is 1. The molecular formula is C12H14ClN3O3S. The lowest BCUT2D eigenvalue weighted by atomic mass is 10.2. The van der Waals surface area contributed by atoms with Gasteiger partial charge in [-0.05, 0) is 23.8 Å². The number of sulfonamides is 1. The third kappa shape index (κ3) is 3.37. The van der Waals surface area contributed by atoms with Crippen molar-refractivity contribution in [3.8, 4) is 0 Å². The molecule has 0 aliphatic carbocycles. The van der Waals surface area contributed by atoms with Crippen molar-refractivity contribution in [2.45, 2.75) is 18.0 Å². The smallest absolute Gasteiger partial charge is 0.240 e. The van der Waals surface area contributed by atoms with E-state index in [4.69, 9.17) is 16.7 Å². The number of benzene rings is 1. The number of aryl methyl sites for hydroxylation is 1. The molecule has 2 aromatic rings. The first-order chi connectivity index (χ1) is 9.42. The van der Waals surface area contributed by atoms with E-state index in [2.05, 4.69) is 9.82 Å². The zero-order valence-electron chi connectivity index (χ0n) is 10.7. The Kier molecular flexibility index (Phi) is 4.44. The Balaban J connectivity index is 2.17. The average molecular weight is 316 g/mol. The van der Waals surface area contributed by atoms with Crippen LogP contribution in [0.5, 0.6) is 0 Å². The second kappa shape index (κ2) is 5.92. The molecule has 1 aromatic carbocycles. The molecule has 1 aromatic heterocycles. The van der Waals surface area contributed by atoms with E-state index in [1.807, 2.05) is 0 Å². The summed E-state index contributed by atoms with van der Waals surface area (Å²) >= 11 is 5.84. The summed E-state index contributed by atoms with van der Waals surface area (Å²) in [6.45, 7) is -0.169. The molecule has 0 saturated heterocycles. The average Bonchev–Trinajstić information content (AvgIpc) is 2.83. The first kappa shape index (κ1) is 15.0. The van der Waals surface area contributed by atoms with Gasteiger partial charge in [0, 0.05) is 30.4 Å². The highest BCUT2D eigenvalue weighted by atomic mass is 35.5. The molecule has 0 saturated carbocycles. The van der Waals surface area contributed by atoms with Crippen molar-refractivity contribution < 1.29 is 13.5 Å². The van der Waals surface area contributed by atoms with Crippen molar-refractivity contribution in [3.05, 3.63) is 46.7 Å². The third-order valence-electron chi connectivity index (χ3n) is 2.72. The summed E-state index contributed by atoms with van der Waals surface area (Å²) in [7, 11) is -1.90. The van der Waals surface area contributed by atoms with E-state index in [0.29, 0.717) is 10.6 Å². The van der Waals surface area contributed by atoms with Crippen molar-refractivity contribution >= 4 is 21.6 Å². The van der Waals surface area contributed by atoms with Crippen LogP contribution in [0.15, 0.2) is 35.5 Å². The molecular weight excluding hydrogens is 302 g/mol. The molecule has 1 heterocycles. The van der Waals surface area contributed by atoms with Crippen LogP contribution >= 0.6 is 11.6 Å². The number of hydrogen-bond acceptors (Lipinski definition) is 4. The Morgan fingerprint density at radius 1 is 1.45 bits per heavy atom. The summed E-state index contributed by atoms with van der Waals surface area (Å²) in [5.74, 6) is 0. The lowest BCUT2D eigenvalue weighted by Gasteiger charge is -2.08. The van der Waals surface area contributed by atoms with Gasteiger partial charge in [-0.15, -0.1) is 0 Å². The fraction of sp³-hybridized carbons (Fsp3) is 0.250. The summed E-state index contributed by atoms with van der Waals surface area (Å²) in [6.07, 6.45) is 3.31. The number of aliphatic hydroxyl groups excluding tert-OH is 1. The van der Waals surface area contributed by atoms with Crippen molar-refractivity contribution in [2.24, 2.45) is 7.05 Å². The predicted molar refractivity (Wildman–Crippen MR) is 74.6 cm³/mol. The fourth-order valence-corrected chi connectivity index (χ4v) is 2.91. The third-order valence-corrected chi connectivity index (χ3v) is 4.49. The monoisotopic (exact) mass is 315 g/mol. The SMILES string of the molecule is Cn1cc(CNS(=O)(=O)c2ccc(Cl)c(CO)c2)cn1. The Morgan fingerprint density at radius 3 is 2.80 bits per heavy atom. The topological polar surface area (TPSA) is 84.2 Å². The van der Waals surface area contributed by atoms with Gasteiger partial charge in [-0.3, -0.25) is 4.68 Å². The number of hydrogen-bond donors (Lipinski definition) is 2. The van der Waals surface area contributed by atoms with E-state index in [1.54, 1.807) is 24.1 Å². The van der Waals surface area contributed by atoms with Gasteiger partial charge in [0.25, 0.3) is 0 Å². The summed E-state index contributed by atoms with van der Waals surface area (Å²) in [6, 6.07) is 4.20. The Hall–Kier alpha value is -1.41. The van der Waals surface area contributed by atoms with Crippen LogP contribution in [-0.4, -0.2) is 23.3 Å². The molecule has 0 fully saturated rings. The van der Waals surface area contributed by atoms with Crippen molar-refractivity contribution in [1.82, 2.24) is 14.5 Å². The van der Waals surface area contributed by atoms with Crippen molar-refractivity contribution in [3.63, 3.8) is 0 Å². The molecule has 108 valence electrons. The van der Waals surface area contributed by atoms with E-state index in [1.165, 1.54) is 18.2 Å². The van der Waals surface area contributed by atoms with Crippen LogP contribution in [0.2, 0.25) is 5.02 Å². The van der Waals surface area contributed by atoms with Crippen LogP contribution in [0.1, 0.15) is 11.1 Å². The number of aromatic nitrogens is 2. The summed E-state index contributed by atoms with van der Waals surface area (Å²) < 4.78 is 28.3. The quantitative estimate of drug-likeness (QED) is 0.863. The van der Waals surface area contributed by atoms with Crippen molar-refractivity contribution in [2.75, 3.05) is 0 Å². The Bertz CT molecular complexity index is 712. The molecule has 20 heavy (non-hydrogen) atoms. The van der Waals surface area contributed by atoms with Crippen LogP contribution in [0.4, 0.5) is 0 Å². The fourth-order valence-electron chi connectivity index (χ4n) is 1.66. The van der Waals surface area contributed by atoms with E-state index in [-0.39, 0.29) is 18.0 Å². The summed E-state index contributed by atoms with van der Waals surface area (Å²) in [4.78, 5) is 0.0647. The first-order valence-corrected chi connectivity index (χ1v) is 7.65. The second-order valence-corrected chi connectivity index (χ2v) is 6.43. The highest BCUT2D eigenvalue weighted by molar-refractivity contribution is 7.89. The molecule has 2 rings (SSSR count). The van der Waals surface area contributed by atoms with Gasteiger partial charge in [-0.2, -0.15) is 5.10 Å². The lowest BCUT2D eigenvalue weighted by molar-refractivity contribution is 0.281. The zero-order valence-corrected chi connectivity index (χ0v) is 12.3. The highest BCUT2D eigenvalue weighted by Gasteiger charge is 2.15. The van der Waals surface area contributed by atoms with Crippen molar-refractivity contribution in [1.29, 1.82) is 0 Å². The van der Waals surface area contributed by atoms with Gasteiger partial charge >= 0.3 is 0 Å². The van der Waals surface area contributed by atoms with Crippen LogP contribution < -0.4 is 4.72 Å². The van der Waals surface area contributed by atoms with E-state index in [9.17, 15) is 8.42 Å². The van der Waals surface area contributed by atoms with E-state index >= 15 is 0 Å². The van der Waals surface area contributed by atoms with Crippen LogP contribution in [-0.2, 0) is 30.2 Å². The van der Waals surface area contributed by atoms with Gasteiger partial charge in [0.1, 0.15) is 0 Å². The van der Waals surface area contributed by atoms with Gasteiger partial charge < -0.3 is 5.11 Å². The minimum atomic E-state index is -3.66. The standard InChI is InChI=1S/C12H14ClN3O3S/c1-16-7-9(5-14-16)6-15-20(18,19)11-2-3-12(13)10(4-11)8-17/h2-5,7,15,17H,6,8H2,1H3. The number of nitrogens with zero attached hydrogens (tertiary/aromatic N) is 2. The van der Waals surface area contributed by atoms with Crippen LogP contribution in [0.25, 0.3) is 0 Å². The molecule has 0 amide bonds. The second-order valence-electron chi connectivity index (χ2n) is 4.26. The lowest BCUT2D eigenvalue weighted by Crippen LogP contribution is -2.23. The summed E-state index contributed by atoms with van der Waals surface area (Å²) in [5, 5.41) is 13.4. The molecule has 0 atom stereocenters. The van der Waals surface area contributed by atoms with Gasteiger partial charge in [-0.1, -0.05) is 11.6 Å². The maximum Gasteiger partial charge on any atom is 0.240 e. The molecule has 0 aliphatic heterocycles. The first-order valence-electron chi connectivity index (χ1n) is 5.79. The predicted octanol–water partition coefficient (Wildman–Crippen LogP) is 1.04. The van der Waals surface area contributed by atoms with Gasteiger partial charge in [0.2, 0.25) is 10.0 Å². The van der Waals surface area contributed by atoms with E-state index < -0.39 is 10.0 Å². The minimum Gasteiger partial charge on any atom is -0.392 e. The van der Waals surface area contributed by atoms with Gasteiger partial charge in [0.05, 0.1) is 17.7 Å². The molecule has 0 bridgehead atoms. The highest BCUT2D eigenvalue weighted by Crippen LogP contribution is 2.20. The Labute approximate surface area is 122 Å². The number of halogens is 1. The van der Waals surface area contributed by atoms with Crippen LogP contribution in [0, 0.1) is 0 Å². The molecule has 0 aliphatic rings. The number of aliphatic hydroxyl groups is 1. The molecule has 6 nitrogen and oxygen atoms in total. The summed E-state index contributed by atoms with van der Waals surface area (Å²) in [5.41, 5.74) is 1.13. The largest absolute Gasteiger partial charge is 0.392 e. The molecule has 0 radical (unpaired) electrons. The molecule has 2 N–H and O–H groups in total. The normalized spacial score (nSPS) is 11.8. The van der Waals surface area contributed by atoms with Gasteiger partial charge in [0.15, 0.2) is 0 Å². The molecule has 8 heteroatoms.